The zero-order valence-electron chi connectivity index (χ0n) is 10.7. The third-order valence-corrected chi connectivity index (χ3v) is 3.96. The highest BCUT2D eigenvalue weighted by Gasteiger charge is 2.32. The van der Waals surface area contributed by atoms with E-state index in [0.29, 0.717) is 0 Å². The summed E-state index contributed by atoms with van der Waals surface area (Å²) in [5, 5.41) is 0. The molecule has 1 aromatic rings. The first-order valence-corrected chi connectivity index (χ1v) is 6.74. The van der Waals surface area contributed by atoms with Gasteiger partial charge in [-0.15, -0.1) is 0 Å². The Morgan fingerprint density at radius 1 is 1.24 bits per heavy atom. The van der Waals surface area contributed by atoms with Crippen LogP contribution < -0.4 is 10.5 Å². The lowest BCUT2D eigenvalue weighted by Crippen LogP contribution is -2.37. The van der Waals surface area contributed by atoms with Gasteiger partial charge in [0.05, 0.1) is 6.61 Å². The lowest BCUT2D eigenvalue weighted by Gasteiger charge is -2.37. The van der Waals surface area contributed by atoms with Gasteiger partial charge in [0, 0.05) is 12.0 Å². The minimum Gasteiger partial charge on any atom is -0.494 e. The molecule has 0 amide bonds. The number of benzene rings is 1. The summed E-state index contributed by atoms with van der Waals surface area (Å²) >= 11 is 0. The number of hydrogen-bond acceptors (Lipinski definition) is 2. The Bertz CT molecular complexity index is 356. The van der Waals surface area contributed by atoms with Crippen LogP contribution in [0.25, 0.3) is 0 Å². The zero-order valence-corrected chi connectivity index (χ0v) is 10.7. The summed E-state index contributed by atoms with van der Waals surface area (Å²) in [6, 6.07) is 8.51. The van der Waals surface area contributed by atoms with Gasteiger partial charge < -0.3 is 10.5 Å². The molecule has 2 rings (SSSR count). The predicted octanol–water partition coefficient (Wildman–Crippen LogP) is 3.25. The summed E-state index contributed by atoms with van der Waals surface area (Å²) < 4.78 is 5.59. The van der Waals surface area contributed by atoms with Gasteiger partial charge in [-0.3, -0.25) is 0 Å². The summed E-state index contributed by atoms with van der Waals surface area (Å²) in [7, 11) is 0. The zero-order chi connectivity index (χ0) is 12.1. The Labute approximate surface area is 104 Å². The molecule has 1 aliphatic rings. The second-order valence-corrected chi connectivity index (χ2v) is 5.01. The molecule has 0 unspecified atom stereocenters. The van der Waals surface area contributed by atoms with E-state index >= 15 is 0 Å². The predicted molar refractivity (Wildman–Crippen MR) is 71.4 cm³/mol. The molecular weight excluding hydrogens is 210 g/mol. The van der Waals surface area contributed by atoms with E-state index < -0.39 is 0 Å². The van der Waals surface area contributed by atoms with Crippen LogP contribution in [0.2, 0.25) is 0 Å². The fraction of sp³-hybridized carbons (Fsp3) is 0.600. The number of nitrogens with two attached hydrogens (primary N) is 1. The van der Waals surface area contributed by atoms with Crippen molar-refractivity contribution in [3.05, 3.63) is 29.8 Å². The van der Waals surface area contributed by atoms with Gasteiger partial charge in [0.25, 0.3) is 0 Å². The molecule has 2 nitrogen and oxygen atoms in total. The van der Waals surface area contributed by atoms with Gasteiger partial charge in [-0.2, -0.15) is 0 Å². The van der Waals surface area contributed by atoms with Crippen LogP contribution in [0.15, 0.2) is 24.3 Å². The summed E-state index contributed by atoms with van der Waals surface area (Å²) in [6.45, 7) is 3.49. The van der Waals surface area contributed by atoms with Gasteiger partial charge in [0.2, 0.25) is 0 Å². The van der Waals surface area contributed by atoms with Crippen LogP contribution in [-0.4, -0.2) is 13.2 Å². The number of ether oxygens (including phenoxy) is 1. The quantitative estimate of drug-likeness (QED) is 0.866. The van der Waals surface area contributed by atoms with E-state index in [-0.39, 0.29) is 5.41 Å². The minimum atomic E-state index is 0.200. The molecule has 1 saturated carbocycles. The second kappa shape index (κ2) is 5.54. The van der Waals surface area contributed by atoms with Crippen molar-refractivity contribution in [3.8, 4) is 5.75 Å². The first-order chi connectivity index (χ1) is 8.30. The molecule has 0 bridgehead atoms. The first-order valence-electron chi connectivity index (χ1n) is 6.74. The Morgan fingerprint density at radius 2 is 2.00 bits per heavy atom. The highest BCUT2D eigenvalue weighted by atomic mass is 16.5. The van der Waals surface area contributed by atoms with Gasteiger partial charge in [0.15, 0.2) is 0 Å². The van der Waals surface area contributed by atoms with Crippen molar-refractivity contribution in [2.45, 2.75) is 44.4 Å². The maximum Gasteiger partial charge on any atom is 0.119 e. The fourth-order valence-electron chi connectivity index (χ4n) is 2.92. The van der Waals surface area contributed by atoms with E-state index in [1.54, 1.807) is 0 Å². The largest absolute Gasteiger partial charge is 0.494 e. The second-order valence-electron chi connectivity index (χ2n) is 5.01. The molecule has 2 N–H and O–H groups in total. The van der Waals surface area contributed by atoms with E-state index in [0.717, 1.165) is 18.9 Å². The molecule has 0 spiro atoms. The van der Waals surface area contributed by atoms with Crippen LogP contribution in [0, 0.1) is 0 Å². The maximum absolute atomic E-state index is 6.05. The summed E-state index contributed by atoms with van der Waals surface area (Å²) in [5.41, 5.74) is 7.62. The highest BCUT2D eigenvalue weighted by molar-refractivity contribution is 5.34. The molecular formula is C15H23NO. The topological polar surface area (TPSA) is 35.2 Å². The van der Waals surface area contributed by atoms with Crippen molar-refractivity contribution in [1.82, 2.24) is 0 Å². The SMILES string of the molecule is CCOc1cccc(C2(CN)CCCCC2)c1. The van der Waals surface area contributed by atoms with E-state index in [1.807, 2.05) is 13.0 Å². The number of rotatable bonds is 4. The molecule has 94 valence electrons. The van der Waals surface area contributed by atoms with E-state index in [4.69, 9.17) is 10.5 Å². The molecule has 1 aromatic carbocycles. The highest BCUT2D eigenvalue weighted by Crippen LogP contribution is 2.39. The van der Waals surface area contributed by atoms with Crippen molar-refractivity contribution >= 4 is 0 Å². The molecule has 0 radical (unpaired) electrons. The lowest BCUT2D eigenvalue weighted by atomic mass is 9.69. The van der Waals surface area contributed by atoms with Crippen LogP contribution in [0.4, 0.5) is 0 Å². The molecule has 1 aliphatic carbocycles. The Hall–Kier alpha value is -1.02. The standard InChI is InChI=1S/C15H23NO/c1-2-17-14-8-6-7-13(11-14)15(12-16)9-4-3-5-10-15/h6-8,11H,2-5,9-10,12,16H2,1H3. The third kappa shape index (κ3) is 2.63. The number of hydrogen-bond donors (Lipinski definition) is 1. The minimum absolute atomic E-state index is 0.200. The average Bonchev–Trinajstić information content (AvgIpc) is 2.40. The van der Waals surface area contributed by atoms with Crippen molar-refractivity contribution in [2.24, 2.45) is 5.73 Å². The maximum atomic E-state index is 6.05. The summed E-state index contributed by atoms with van der Waals surface area (Å²) in [5.74, 6) is 0.975. The van der Waals surface area contributed by atoms with Gasteiger partial charge >= 0.3 is 0 Å². The molecule has 0 saturated heterocycles. The molecule has 0 heterocycles. The average molecular weight is 233 g/mol. The van der Waals surface area contributed by atoms with Crippen molar-refractivity contribution in [3.63, 3.8) is 0 Å². The van der Waals surface area contributed by atoms with E-state index in [2.05, 4.69) is 18.2 Å². The van der Waals surface area contributed by atoms with Gasteiger partial charge in [-0.05, 0) is 37.5 Å². The van der Waals surface area contributed by atoms with Crippen molar-refractivity contribution < 1.29 is 4.74 Å². The smallest absolute Gasteiger partial charge is 0.119 e. The fourth-order valence-corrected chi connectivity index (χ4v) is 2.92. The Kier molecular flexibility index (Phi) is 4.06. The van der Waals surface area contributed by atoms with E-state index in [1.165, 1.54) is 37.7 Å². The third-order valence-electron chi connectivity index (χ3n) is 3.96. The monoisotopic (exact) mass is 233 g/mol. The Balaban J connectivity index is 2.26. The molecule has 1 fully saturated rings. The first kappa shape index (κ1) is 12.4. The Morgan fingerprint density at radius 3 is 2.65 bits per heavy atom. The van der Waals surface area contributed by atoms with Gasteiger partial charge in [-0.1, -0.05) is 31.4 Å². The van der Waals surface area contributed by atoms with E-state index in [9.17, 15) is 0 Å². The van der Waals surface area contributed by atoms with Crippen molar-refractivity contribution in [2.75, 3.05) is 13.2 Å². The summed E-state index contributed by atoms with van der Waals surface area (Å²) in [4.78, 5) is 0. The van der Waals surface area contributed by atoms with Crippen LogP contribution in [0.1, 0.15) is 44.6 Å². The molecule has 0 aliphatic heterocycles. The van der Waals surface area contributed by atoms with Gasteiger partial charge in [0.1, 0.15) is 5.75 Å². The van der Waals surface area contributed by atoms with Crippen LogP contribution in [0.3, 0.4) is 0 Å². The van der Waals surface area contributed by atoms with Crippen molar-refractivity contribution in [1.29, 1.82) is 0 Å². The van der Waals surface area contributed by atoms with Gasteiger partial charge in [-0.25, -0.2) is 0 Å². The molecule has 17 heavy (non-hydrogen) atoms. The van der Waals surface area contributed by atoms with Crippen LogP contribution in [-0.2, 0) is 5.41 Å². The van der Waals surface area contributed by atoms with Crippen LogP contribution in [0.5, 0.6) is 5.75 Å². The molecule has 0 aromatic heterocycles. The summed E-state index contributed by atoms with van der Waals surface area (Å²) in [6.07, 6.45) is 6.40. The lowest BCUT2D eigenvalue weighted by molar-refractivity contribution is 0.297. The normalized spacial score (nSPS) is 18.9. The molecule has 2 heteroatoms. The van der Waals surface area contributed by atoms with Crippen LogP contribution >= 0.6 is 0 Å². The molecule has 0 atom stereocenters.